The molecule has 2 rings (SSSR count). The van der Waals surface area contributed by atoms with Gasteiger partial charge < -0.3 is 4.90 Å². The van der Waals surface area contributed by atoms with Crippen molar-refractivity contribution in [1.82, 2.24) is 15.0 Å². The highest BCUT2D eigenvalue weighted by atomic mass is 16.1. The van der Waals surface area contributed by atoms with Gasteiger partial charge in [-0.1, -0.05) is 0 Å². The molecule has 2 N–H and O–H groups in total. The first-order valence-electron chi connectivity index (χ1n) is 4.12. The minimum absolute atomic E-state index is 0.240. The Morgan fingerprint density at radius 3 is 3.00 bits per heavy atom. The lowest BCUT2D eigenvalue weighted by Gasteiger charge is -2.04. The van der Waals surface area contributed by atoms with E-state index in [0.717, 1.165) is 0 Å². The highest BCUT2D eigenvalue weighted by Crippen LogP contribution is 2.01. The SMILES string of the molecule is CN(C)c1nc2[nH+]ccnc2c(=O)[nH]1. The summed E-state index contributed by atoms with van der Waals surface area (Å²) in [4.78, 5) is 26.8. The Kier molecular flexibility index (Phi) is 1.88. The number of anilines is 1. The Labute approximate surface area is 79.6 Å². The maximum absolute atomic E-state index is 11.5. The highest BCUT2D eigenvalue weighted by Gasteiger charge is 2.13. The van der Waals surface area contributed by atoms with Gasteiger partial charge >= 0.3 is 11.6 Å². The molecule has 6 nitrogen and oxygen atoms in total. The normalized spacial score (nSPS) is 10.4. The van der Waals surface area contributed by atoms with Gasteiger partial charge in [-0.3, -0.25) is 9.78 Å². The largest absolute Gasteiger partial charge is 0.356 e. The lowest BCUT2D eigenvalue weighted by molar-refractivity contribution is -0.348. The van der Waals surface area contributed by atoms with Crippen LogP contribution in [0.2, 0.25) is 0 Å². The Bertz CT molecular complexity index is 518. The summed E-state index contributed by atoms with van der Waals surface area (Å²) in [6, 6.07) is 0. The van der Waals surface area contributed by atoms with Crippen molar-refractivity contribution in [3.05, 3.63) is 22.7 Å². The van der Waals surface area contributed by atoms with E-state index in [1.165, 1.54) is 6.20 Å². The molecule has 0 unspecified atom stereocenters. The molecule has 0 aliphatic rings. The number of fused-ring (bicyclic) bond motifs is 1. The molecule has 14 heavy (non-hydrogen) atoms. The standard InChI is InChI=1S/C8H9N5O/c1-13(2)8-11-6-5(7(14)12-8)9-3-4-10-6/h3-4H,1-2H3,(H,10,11,12,14)/p+1. The van der Waals surface area contributed by atoms with Crippen LogP contribution < -0.4 is 15.4 Å². The van der Waals surface area contributed by atoms with E-state index in [2.05, 4.69) is 19.9 Å². The van der Waals surface area contributed by atoms with E-state index < -0.39 is 0 Å². The Morgan fingerprint density at radius 1 is 1.50 bits per heavy atom. The monoisotopic (exact) mass is 192 g/mol. The second-order valence-electron chi connectivity index (χ2n) is 3.07. The quantitative estimate of drug-likeness (QED) is 0.641. The number of hydrogen-bond donors (Lipinski definition) is 1. The fraction of sp³-hybridized carbons (Fsp3) is 0.250. The molecular formula is C8H10N5O+. The first-order chi connectivity index (χ1) is 6.68. The smallest absolute Gasteiger partial charge is 0.327 e. The first-order valence-corrected chi connectivity index (χ1v) is 4.12. The molecule has 0 bridgehead atoms. The molecule has 0 fully saturated rings. The highest BCUT2D eigenvalue weighted by molar-refractivity contribution is 5.65. The summed E-state index contributed by atoms with van der Waals surface area (Å²) < 4.78 is 0. The lowest BCUT2D eigenvalue weighted by Crippen LogP contribution is -2.22. The molecule has 2 aromatic heterocycles. The van der Waals surface area contributed by atoms with Crippen molar-refractivity contribution in [2.24, 2.45) is 0 Å². The molecule has 0 aliphatic heterocycles. The number of nitrogens with zero attached hydrogens (tertiary/aromatic N) is 3. The van der Waals surface area contributed by atoms with Crippen molar-refractivity contribution in [3.8, 4) is 0 Å². The zero-order chi connectivity index (χ0) is 10.1. The van der Waals surface area contributed by atoms with Gasteiger partial charge in [-0.05, 0) is 4.98 Å². The molecule has 2 aromatic rings. The van der Waals surface area contributed by atoms with Gasteiger partial charge in [0, 0.05) is 14.1 Å². The van der Waals surface area contributed by atoms with E-state index >= 15 is 0 Å². The van der Waals surface area contributed by atoms with Gasteiger partial charge in [-0.25, -0.2) is 9.97 Å². The van der Waals surface area contributed by atoms with Crippen molar-refractivity contribution in [3.63, 3.8) is 0 Å². The van der Waals surface area contributed by atoms with Crippen LogP contribution >= 0.6 is 0 Å². The molecule has 72 valence electrons. The molecule has 0 spiro atoms. The summed E-state index contributed by atoms with van der Waals surface area (Å²) in [5.41, 5.74) is 0.564. The van der Waals surface area contributed by atoms with Crippen molar-refractivity contribution in [2.75, 3.05) is 19.0 Å². The number of aromatic nitrogens is 4. The van der Waals surface area contributed by atoms with Crippen LogP contribution in [-0.4, -0.2) is 29.0 Å². The average Bonchev–Trinajstić information content (AvgIpc) is 2.17. The van der Waals surface area contributed by atoms with Gasteiger partial charge in [0.1, 0.15) is 6.20 Å². The van der Waals surface area contributed by atoms with E-state index in [0.29, 0.717) is 17.1 Å². The minimum Gasteiger partial charge on any atom is -0.327 e. The van der Waals surface area contributed by atoms with Crippen LogP contribution in [0.3, 0.4) is 0 Å². The maximum atomic E-state index is 11.5. The molecule has 6 heteroatoms. The fourth-order valence-corrected chi connectivity index (χ4v) is 1.12. The summed E-state index contributed by atoms with van der Waals surface area (Å²) >= 11 is 0. The number of aromatic amines is 2. The molecule has 2 heterocycles. The fourth-order valence-electron chi connectivity index (χ4n) is 1.12. The van der Waals surface area contributed by atoms with E-state index in [1.54, 1.807) is 25.2 Å². The summed E-state index contributed by atoms with van der Waals surface area (Å²) in [5.74, 6) is 0.506. The van der Waals surface area contributed by atoms with Crippen molar-refractivity contribution >= 4 is 17.1 Å². The van der Waals surface area contributed by atoms with Gasteiger partial charge in [0.25, 0.3) is 5.56 Å². The summed E-state index contributed by atoms with van der Waals surface area (Å²) in [5, 5.41) is 0. The van der Waals surface area contributed by atoms with Crippen LogP contribution in [0.1, 0.15) is 0 Å². The minimum atomic E-state index is -0.240. The molecule has 0 saturated carbocycles. The number of hydrogen-bond acceptors (Lipinski definition) is 4. The number of rotatable bonds is 1. The van der Waals surface area contributed by atoms with Crippen molar-refractivity contribution in [1.29, 1.82) is 0 Å². The molecule has 0 saturated heterocycles. The van der Waals surface area contributed by atoms with Gasteiger partial charge in [-0.15, -0.1) is 0 Å². The zero-order valence-electron chi connectivity index (χ0n) is 7.90. The van der Waals surface area contributed by atoms with Crippen LogP contribution in [0.15, 0.2) is 17.2 Å². The van der Waals surface area contributed by atoms with E-state index in [-0.39, 0.29) is 5.56 Å². The predicted molar refractivity (Wildman–Crippen MR) is 51.0 cm³/mol. The molecule has 0 amide bonds. The topological polar surface area (TPSA) is 76.0 Å². The van der Waals surface area contributed by atoms with E-state index in [9.17, 15) is 4.79 Å². The third-order valence-electron chi connectivity index (χ3n) is 1.80. The maximum Gasteiger partial charge on any atom is 0.356 e. The predicted octanol–water partition coefficient (Wildman–Crippen LogP) is -0.802. The molecule has 0 aromatic carbocycles. The summed E-state index contributed by atoms with van der Waals surface area (Å²) in [6.07, 6.45) is 3.16. The second-order valence-corrected chi connectivity index (χ2v) is 3.07. The zero-order valence-corrected chi connectivity index (χ0v) is 7.90. The van der Waals surface area contributed by atoms with Crippen molar-refractivity contribution < 1.29 is 4.98 Å². The van der Waals surface area contributed by atoms with Gasteiger partial charge in [0.15, 0.2) is 0 Å². The van der Waals surface area contributed by atoms with Gasteiger partial charge in [0.2, 0.25) is 5.52 Å². The van der Waals surface area contributed by atoms with Crippen LogP contribution in [0.25, 0.3) is 11.2 Å². The first kappa shape index (κ1) is 8.61. The van der Waals surface area contributed by atoms with Gasteiger partial charge in [-0.2, -0.15) is 0 Å². The Hall–Kier alpha value is -1.98. The van der Waals surface area contributed by atoms with Crippen LogP contribution in [0.4, 0.5) is 5.95 Å². The molecule has 0 aliphatic carbocycles. The summed E-state index contributed by atoms with van der Waals surface area (Å²) in [7, 11) is 3.61. The third kappa shape index (κ3) is 1.30. The molecule has 0 radical (unpaired) electrons. The number of nitrogens with one attached hydrogen (secondary N) is 2. The molecule has 0 atom stereocenters. The Balaban J connectivity index is 2.79. The van der Waals surface area contributed by atoms with Crippen LogP contribution in [-0.2, 0) is 0 Å². The van der Waals surface area contributed by atoms with Crippen molar-refractivity contribution in [2.45, 2.75) is 0 Å². The molecular weight excluding hydrogens is 182 g/mol. The lowest BCUT2D eigenvalue weighted by atomic mass is 10.5. The van der Waals surface area contributed by atoms with Gasteiger partial charge in [0.05, 0.1) is 6.20 Å². The van der Waals surface area contributed by atoms with E-state index in [4.69, 9.17) is 0 Å². The van der Waals surface area contributed by atoms with E-state index in [1.807, 2.05) is 0 Å². The second kappa shape index (κ2) is 3.06. The third-order valence-corrected chi connectivity index (χ3v) is 1.80. The van der Waals surface area contributed by atoms with Crippen LogP contribution in [0, 0.1) is 0 Å². The Morgan fingerprint density at radius 2 is 2.29 bits per heavy atom. The summed E-state index contributed by atoms with van der Waals surface area (Å²) in [6.45, 7) is 0. The number of H-pyrrole nitrogens is 2. The average molecular weight is 192 g/mol. The van der Waals surface area contributed by atoms with Crippen LogP contribution in [0.5, 0.6) is 0 Å².